The first-order valence-electron chi connectivity index (χ1n) is 10.8. The summed E-state index contributed by atoms with van der Waals surface area (Å²) in [6.45, 7) is 11.6. The average molecular weight is 443 g/mol. The molecule has 1 aliphatic heterocycles. The van der Waals surface area contributed by atoms with Crippen molar-refractivity contribution < 1.29 is 23.4 Å². The number of hydrogen-bond donors (Lipinski definition) is 0. The Morgan fingerprint density at radius 3 is 2.26 bits per heavy atom. The van der Waals surface area contributed by atoms with E-state index in [4.69, 9.17) is 18.6 Å². The Morgan fingerprint density at radius 2 is 1.68 bits per heavy atom. The molecular weight excluding hydrogens is 408 g/mol. The van der Waals surface area contributed by atoms with E-state index in [0.717, 1.165) is 17.4 Å². The van der Waals surface area contributed by atoms with E-state index < -0.39 is 26.8 Å². The van der Waals surface area contributed by atoms with Crippen molar-refractivity contribution >= 4 is 14.6 Å². The summed E-state index contributed by atoms with van der Waals surface area (Å²) < 4.78 is 25.0. The highest BCUT2D eigenvalue weighted by atomic mass is 28.4. The van der Waals surface area contributed by atoms with Crippen molar-refractivity contribution in [1.29, 1.82) is 0 Å². The molecule has 0 spiro atoms. The molecule has 0 saturated carbocycles. The maximum absolute atomic E-state index is 12.1. The predicted octanol–water partition coefficient (Wildman–Crippen LogP) is 5.28. The highest BCUT2D eigenvalue weighted by Crippen LogP contribution is 2.39. The molecule has 3 rings (SSSR count). The topological polar surface area (TPSA) is 54.0 Å². The molecule has 2 aromatic carbocycles. The number of benzene rings is 2. The molecule has 5 nitrogen and oxygen atoms in total. The fraction of sp³-hybridized carbons (Fsp3) is 0.480. The lowest BCUT2D eigenvalue weighted by Crippen LogP contribution is -2.55. The van der Waals surface area contributed by atoms with Crippen molar-refractivity contribution in [2.45, 2.75) is 70.1 Å². The molecule has 0 aromatic heterocycles. The Balaban J connectivity index is 1.80. The second-order valence-electron chi connectivity index (χ2n) is 9.49. The monoisotopic (exact) mass is 442 g/mol. The summed E-state index contributed by atoms with van der Waals surface area (Å²) in [5, 5.41) is 0.0232. The van der Waals surface area contributed by atoms with Gasteiger partial charge in [-0.3, -0.25) is 0 Å². The second kappa shape index (κ2) is 10.2. The normalized spacial score (nSPS) is 23.3. The van der Waals surface area contributed by atoms with Gasteiger partial charge in [-0.05, 0) is 23.7 Å². The molecule has 1 fully saturated rings. The van der Waals surface area contributed by atoms with E-state index in [0.29, 0.717) is 13.2 Å². The van der Waals surface area contributed by atoms with Crippen LogP contribution in [0.4, 0.5) is 0 Å². The van der Waals surface area contributed by atoms with Crippen LogP contribution in [-0.2, 0) is 30.0 Å². The van der Waals surface area contributed by atoms with E-state index in [-0.39, 0.29) is 11.1 Å². The largest absolute Gasteiger partial charge is 0.409 e. The Hall–Kier alpha value is -1.83. The third-order valence-corrected chi connectivity index (χ3v) is 10.6. The van der Waals surface area contributed by atoms with E-state index in [1.54, 1.807) is 0 Å². The standard InChI is InChI=1S/C25H34O5Si/c1-25(2,3)31(4,5)30-22-18-28-24(20-14-10-7-11-15-20)29-23(22)21(16-26)27-17-19-12-8-6-9-13-19/h6-16,21-24H,17-18H2,1-5H3/t21-,22-,23+,24?/m1/s1. The third-order valence-electron chi connectivity index (χ3n) is 6.13. The van der Waals surface area contributed by atoms with E-state index in [1.807, 2.05) is 60.7 Å². The Bertz CT molecular complexity index is 819. The van der Waals surface area contributed by atoms with Gasteiger partial charge in [0.2, 0.25) is 0 Å². The first-order valence-corrected chi connectivity index (χ1v) is 13.7. The van der Waals surface area contributed by atoms with E-state index in [9.17, 15) is 4.79 Å². The molecule has 1 heterocycles. The highest BCUT2D eigenvalue weighted by molar-refractivity contribution is 6.74. The lowest BCUT2D eigenvalue weighted by molar-refractivity contribution is -0.273. The van der Waals surface area contributed by atoms with Gasteiger partial charge in [-0.1, -0.05) is 81.4 Å². The minimum absolute atomic E-state index is 0.0232. The molecule has 2 aromatic rings. The van der Waals surface area contributed by atoms with Crippen LogP contribution in [0.2, 0.25) is 18.1 Å². The third kappa shape index (κ3) is 6.11. The molecule has 1 unspecified atom stereocenters. The van der Waals surface area contributed by atoms with Crippen molar-refractivity contribution in [3.05, 3.63) is 71.8 Å². The van der Waals surface area contributed by atoms with Gasteiger partial charge in [0.1, 0.15) is 12.2 Å². The molecule has 168 valence electrons. The molecular formula is C25H34O5Si. The van der Waals surface area contributed by atoms with Crippen LogP contribution in [0.1, 0.15) is 38.2 Å². The van der Waals surface area contributed by atoms with Gasteiger partial charge in [0.15, 0.2) is 20.9 Å². The summed E-state index contributed by atoms with van der Waals surface area (Å²) in [4.78, 5) is 12.1. The number of ether oxygens (including phenoxy) is 3. The van der Waals surface area contributed by atoms with Crippen LogP contribution in [0.5, 0.6) is 0 Å². The van der Waals surface area contributed by atoms with Gasteiger partial charge in [-0.25, -0.2) is 0 Å². The molecule has 0 N–H and O–H groups in total. The summed E-state index contributed by atoms with van der Waals surface area (Å²) in [6, 6.07) is 19.6. The van der Waals surface area contributed by atoms with Gasteiger partial charge in [0.05, 0.1) is 19.3 Å². The summed E-state index contributed by atoms with van der Waals surface area (Å²) in [5.41, 5.74) is 1.91. The van der Waals surface area contributed by atoms with E-state index in [1.165, 1.54) is 0 Å². The summed E-state index contributed by atoms with van der Waals surface area (Å²) in [5.74, 6) is 0. The molecule has 0 radical (unpaired) electrons. The van der Waals surface area contributed by atoms with Crippen molar-refractivity contribution in [1.82, 2.24) is 0 Å². The maximum atomic E-state index is 12.1. The minimum atomic E-state index is -2.11. The molecule has 0 bridgehead atoms. The smallest absolute Gasteiger partial charge is 0.192 e. The lowest BCUT2D eigenvalue weighted by atomic mass is 10.1. The van der Waals surface area contributed by atoms with Gasteiger partial charge in [-0.15, -0.1) is 0 Å². The zero-order chi connectivity index (χ0) is 22.5. The SMILES string of the molecule is CC(C)(C)[Si](C)(C)O[C@@H]1COC(c2ccccc2)O[C@H]1[C@@H](C=O)OCc1ccccc1. The second-order valence-corrected chi connectivity index (χ2v) is 14.2. The van der Waals surface area contributed by atoms with E-state index >= 15 is 0 Å². The van der Waals surface area contributed by atoms with Crippen LogP contribution in [0.3, 0.4) is 0 Å². The van der Waals surface area contributed by atoms with Crippen LogP contribution in [-0.4, -0.2) is 39.5 Å². The molecule has 0 aliphatic carbocycles. The van der Waals surface area contributed by atoms with Crippen molar-refractivity contribution in [2.24, 2.45) is 0 Å². The van der Waals surface area contributed by atoms with Gasteiger partial charge in [0.25, 0.3) is 0 Å². The van der Waals surface area contributed by atoms with Crippen LogP contribution < -0.4 is 0 Å². The fourth-order valence-electron chi connectivity index (χ4n) is 3.26. The Morgan fingerprint density at radius 1 is 1.06 bits per heavy atom. The molecule has 1 saturated heterocycles. The van der Waals surface area contributed by atoms with Crippen LogP contribution in [0.25, 0.3) is 0 Å². The van der Waals surface area contributed by atoms with Gasteiger partial charge < -0.3 is 23.4 Å². The quantitative estimate of drug-likeness (QED) is 0.411. The summed E-state index contributed by atoms with van der Waals surface area (Å²) >= 11 is 0. The van der Waals surface area contributed by atoms with Gasteiger partial charge in [0, 0.05) is 5.56 Å². The molecule has 0 amide bonds. The van der Waals surface area contributed by atoms with Crippen molar-refractivity contribution in [3.8, 4) is 0 Å². The van der Waals surface area contributed by atoms with Gasteiger partial charge >= 0.3 is 0 Å². The van der Waals surface area contributed by atoms with Crippen LogP contribution in [0.15, 0.2) is 60.7 Å². The zero-order valence-electron chi connectivity index (χ0n) is 19.1. The fourth-order valence-corrected chi connectivity index (χ4v) is 4.57. The summed E-state index contributed by atoms with van der Waals surface area (Å²) in [7, 11) is -2.11. The Kier molecular flexibility index (Phi) is 7.83. The molecule has 6 heteroatoms. The summed E-state index contributed by atoms with van der Waals surface area (Å²) in [6.07, 6.45) is -1.44. The Labute approximate surface area is 186 Å². The molecule has 1 aliphatic rings. The number of carbonyl (C=O) groups is 1. The van der Waals surface area contributed by atoms with E-state index in [2.05, 4.69) is 33.9 Å². The highest BCUT2D eigenvalue weighted by Gasteiger charge is 2.45. The number of aldehydes is 1. The van der Waals surface area contributed by atoms with Gasteiger partial charge in [-0.2, -0.15) is 0 Å². The van der Waals surface area contributed by atoms with Crippen LogP contribution in [0, 0.1) is 0 Å². The number of carbonyl (C=O) groups excluding carboxylic acids is 1. The number of rotatable bonds is 8. The average Bonchev–Trinajstić information content (AvgIpc) is 2.75. The lowest BCUT2D eigenvalue weighted by Gasteiger charge is -2.45. The van der Waals surface area contributed by atoms with Crippen molar-refractivity contribution in [2.75, 3.05) is 6.61 Å². The van der Waals surface area contributed by atoms with Crippen molar-refractivity contribution in [3.63, 3.8) is 0 Å². The maximum Gasteiger partial charge on any atom is 0.192 e. The first kappa shape index (κ1) is 23.8. The van der Waals surface area contributed by atoms with Crippen LogP contribution >= 0.6 is 0 Å². The first-order chi connectivity index (χ1) is 14.7. The molecule has 31 heavy (non-hydrogen) atoms. The minimum Gasteiger partial charge on any atom is -0.409 e. The zero-order valence-corrected chi connectivity index (χ0v) is 20.1. The number of hydrogen-bond acceptors (Lipinski definition) is 5. The molecule has 4 atom stereocenters. The predicted molar refractivity (Wildman–Crippen MR) is 123 cm³/mol.